The molecule has 0 radical (unpaired) electrons. The van der Waals surface area contributed by atoms with Gasteiger partial charge in [0.25, 0.3) is 0 Å². The zero-order valence-electron chi connectivity index (χ0n) is 13.0. The Bertz CT molecular complexity index is 741. The maximum Gasteiger partial charge on any atom is 0.208 e. The van der Waals surface area contributed by atoms with Crippen molar-refractivity contribution in [2.75, 3.05) is 13.7 Å². The summed E-state index contributed by atoms with van der Waals surface area (Å²) in [5.41, 5.74) is 1.02. The van der Waals surface area contributed by atoms with E-state index in [1.165, 1.54) is 0 Å². The van der Waals surface area contributed by atoms with E-state index in [0.29, 0.717) is 12.5 Å². The van der Waals surface area contributed by atoms with E-state index >= 15 is 0 Å². The van der Waals surface area contributed by atoms with E-state index in [-0.39, 0.29) is 5.25 Å². The number of ether oxygens (including phenoxy) is 1. The maximum atomic E-state index is 5.89. The number of benzene rings is 1. The van der Waals surface area contributed by atoms with E-state index in [0.717, 1.165) is 23.0 Å². The number of methoxy groups -OCH3 is 1. The average molecular weight is 330 g/mol. The summed E-state index contributed by atoms with van der Waals surface area (Å²) in [5, 5.41) is 8.98. The molecule has 2 aromatic heterocycles. The Morgan fingerprint density at radius 1 is 1.30 bits per heavy atom. The van der Waals surface area contributed by atoms with Crippen LogP contribution in [0.1, 0.15) is 18.1 Å². The van der Waals surface area contributed by atoms with Crippen LogP contribution in [0.3, 0.4) is 0 Å². The molecular weight excluding hydrogens is 312 g/mol. The van der Waals surface area contributed by atoms with E-state index in [2.05, 4.69) is 15.2 Å². The topological polar surface area (TPSA) is 66.0 Å². The zero-order chi connectivity index (χ0) is 16.1. The molecular formula is C16H18N4O2S. The van der Waals surface area contributed by atoms with Crippen molar-refractivity contribution in [3.8, 4) is 11.3 Å². The third kappa shape index (κ3) is 3.80. The van der Waals surface area contributed by atoms with Gasteiger partial charge in [0.15, 0.2) is 10.9 Å². The first-order chi connectivity index (χ1) is 11.3. The maximum absolute atomic E-state index is 5.89. The molecule has 1 aromatic carbocycles. The molecule has 6 nitrogen and oxygen atoms in total. The molecule has 3 aromatic rings. The Morgan fingerprint density at radius 2 is 2.13 bits per heavy atom. The Labute approximate surface area is 138 Å². The fraction of sp³-hybridized carbons (Fsp3) is 0.312. The van der Waals surface area contributed by atoms with Gasteiger partial charge in [0.1, 0.15) is 6.33 Å². The van der Waals surface area contributed by atoms with Gasteiger partial charge in [0.2, 0.25) is 5.89 Å². The van der Waals surface area contributed by atoms with Crippen LogP contribution in [0, 0.1) is 0 Å². The van der Waals surface area contributed by atoms with Gasteiger partial charge in [-0.2, -0.15) is 0 Å². The van der Waals surface area contributed by atoms with Crippen LogP contribution in [0.15, 0.2) is 52.4 Å². The Morgan fingerprint density at radius 3 is 2.91 bits per heavy atom. The van der Waals surface area contributed by atoms with Crippen molar-refractivity contribution in [2.24, 2.45) is 0 Å². The van der Waals surface area contributed by atoms with Crippen LogP contribution in [0.25, 0.3) is 11.3 Å². The van der Waals surface area contributed by atoms with Crippen molar-refractivity contribution in [1.82, 2.24) is 19.7 Å². The van der Waals surface area contributed by atoms with Crippen LogP contribution in [-0.4, -0.2) is 33.5 Å². The first-order valence-electron chi connectivity index (χ1n) is 7.32. The largest absolute Gasteiger partial charge is 0.440 e. The molecule has 0 saturated heterocycles. The normalized spacial score (nSPS) is 12.4. The standard InChI is InChI=1S/C16H18N4O2S/c1-12(23-16-19-18-11-20(16)8-9-21-2)15-17-10-14(22-15)13-6-4-3-5-7-13/h3-7,10-12H,8-9H2,1-2H3. The van der Waals surface area contributed by atoms with Crippen molar-refractivity contribution in [2.45, 2.75) is 23.9 Å². The molecule has 0 saturated carbocycles. The van der Waals surface area contributed by atoms with Crippen LogP contribution in [0.4, 0.5) is 0 Å². The Balaban J connectivity index is 1.71. The molecule has 120 valence electrons. The number of thioether (sulfide) groups is 1. The van der Waals surface area contributed by atoms with E-state index in [9.17, 15) is 0 Å². The van der Waals surface area contributed by atoms with Crippen molar-refractivity contribution < 1.29 is 9.15 Å². The molecule has 2 heterocycles. The van der Waals surface area contributed by atoms with Gasteiger partial charge < -0.3 is 13.7 Å². The molecule has 0 aliphatic heterocycles. The van der Waals surface area contributed by atoms with E-state index in [1.54, 1.807) is 31.4 Å². The second-order valence-electron chi connectivity index (χ2n) is 4.99. The smallest absolute Gasteiger partial charge is 0.208 e. The van der Waals surface area contributed by atoms with Gasteiger partial charge >= 0.3 is 0 Å². The van der Waals surface area contributed by atoms with Crippen LogP contribution in [-0.2, 0) is 11.3 Å². The number of aromatic nitrogens is 4. The minimum absolute atomic E-state index is 0.0398. The average Bonchev–Trinajstić information content (AvgIpc) is 3.23. The number of hydrogen-bond acceptors (Lipinski definition) is 6. The van der Waals surface area contributed by atoms with Crippen molar-refractivity contribution >= 4 is 11.8 Å². The van der Waals surface area contributed by atoms with Gasteiger partial charge in [-0.05, 0) is 6.92 Å². The zero-order valence-corrected chi connectivity index (χ0v) is 13.9. The van der Waals surface area contributed by atoms with E-state index < -0.39 is 0 Å². The molecule has 0 N–H and O–H groups in total. The SMILES string of the molecule is COCCn1cnnc1SC(C)c1ncc(-c2ccccc2)o1. The van der Waals surface area contributed by atoms with Gasteiger partial charge in [0.05, 0.1) is 18.1 Å². The number of nitrogens with zero attached hydrogens (tertiary/aromatic N) is 4. The van der Waals surface area contributed by atoms with Gasteiger partial charge in [-0.25, -0.2) is 4.98 Å². The molecule has 0 amide bonds. The lowest BCUT2D eigenvalue weighted by molar-refractivity contribution is 0.184. The fourth-order valence-electron chi connectivity index (χ4n) is 2.10. The Kier molecular flexibility index (Phi) is 5.09. The van der Waals surface area contributed by atoms with Crippen molar-refractivity contribution in [3.05, 3.63) is 48.7 Å². The van der Waals surface area contributed by atoms with Crippen molar-refractivity contribution in [3.63, 3.8) is 0 Å². The third-order valence-corrected chi connectivity index (χ3v) is 4.41. The highest BCUT2D eigenvalue weighted by Gasteiger charge is 2.17. The van der Waals surface area contributed by atoms with Gasteiger partial charge in [-0.15, -0.1) is 10.2 Å². The molecule has 7 heteroatoms. The van der Waals surface area contributed by atoms with E-state index in [4.69, 9.17) is 9.15 Å². The predicted molar refractivity (Wildman–Crippen MR) is 88.1 cm³/mol. The van der Waals surface area contributed by atoms with E-state index in [1.807, 2.05) is 41.8 Å². The highest BCUT2D eigenvalue weighted by atomic mass is 32.2. The van der Waals surface area contributed by atoms with Gasteiger partial charge in [0, 0.05) is 19.2 Å². The first-order valence-corrected chi connectivity index (χ1v) is 8.20. The lowest BCUT2D eigenvalue weighted by atomic mass is 10.2. The molecule has 23 heavy (non-hydrogen) atoms. The van der Waals surface area contributed by atoms with Crippen LogP contribution in [0.5, 0.6) is 0 Å². The first kappa shape index (κ1) is 15.8. The summed E-state index contributed by atoms with van der Waals surface area (Å²) in [7, 11) is 1.68. The van der Waals surface area contributed by atoms with Gasteiger partial charge in [-0.3, -0.25) is 0 Å². The number of hydrogen-bond donors (Lipinski definition) is 0. The summed E-state index contributed by atoms with van der Waals surface area (Å²) in [6.07, 6.45) is 3.47. The summed E-state index contributed by atoms with van der Waals surface area (Å²) in [4.78, 5) is 4.40. The second-order valence-corrected chi connectivity index (χ2v) is 6.30. The molecule has 0 spiro atoms. The number of rotatable bonds is 7. The second kappa shape index (κ2) is 7.43. The fourth-order valence-corrected chi connectivity index (χ4v) is 2.99. The minimum atomic E-state index is 0.0398. The lowest BCUT2D eigenvalue weighted by Crippen LogP contribution is -2.05. The van der Waals surface area contributed by atoms with Crippen molar-refractivity contribution in [1.29, 1.82) is 0 Å². The highest BCUT2D eigenvalue weighted by Crippen LogP contribution is 2.34. The molecule has 0 fully saturated rings. The summed E-state index contributed by atoms with van der Waals surface area (Å²) in [6.45, 7) is 3.39. The summed E-state index contributed by atoms with van der Waals surface area (Å²) in [6, 6.07) is 9.95. The van der Waals surface area contributed by atoms with Gasteiger partial charge in [-0.1, -0.05) is 42.1 Å². The summed E-state index contributed by atoms with van der Waals surface area (Å²) >= 11 is 1.57. The quantitative estimate of drug-likeness (QED) is 0.618. The monoisotopic (exact) mass is 330 g/mol. The number of oxazole rings is 1. The predicted octanol–water partition coefficient (Wildman–Crippen LogP) is 3.43. The highest BCUT2D eigenvalue weighted by molar-refractivity contribution is 7.99. The van der Waals surface area contributed by atoms with Crippen LogP contribution in [0.2, 0.25) is 0 Å². The molecule has 3 rings (SSSR count). The Hall–Kier alpha value is -2.12. The van der Waals surface area contributed by atoms with Crippen LogP contribution < -0.4 is 0 Å². The summed E-state index contributed by atoms with van der Waals surface area (Å²) < 4.78 is 12.9. The molecule has 1 atom stereocenters. The molecule has 0 bridgehead atoms. The molecule has 0 aliphatic rings. The molecule has 1 unspecified atom stereocenters. The molecule has 0 aliphatic carbocycles. The lowest BCUT2D eigenvalue weighted by Gasteiger charge is -2.08. The third-order valence-electron chi connectivity index (χ3n) is 3.33. The van der Waals surface area contributed by atoms with Crippen LogP contribution >= 0.6 is 11.8 Å². The minimum Gasteiger partial charge on any atom is -0.440 e. The summed E-state index contributed by atoms with van der Waals surface area (Å²) in [5.74, 6) is 1.45.